The second kappa shape index (κ2) is 5.75. The molecule has 2 rings (SSSR count). The zero-order valence-corrected chi connectivity index (χ0v) is 11.2. The number of carbonyl (C=O) groups is 1. The maximum atomic E-state index is 13.7. The van der Waals surface area contributed by atoms with Crippen LogP contribution in [0.3, 0.4) is 0 Å². The van der Waals surface area contributed by atoms with Crippen molar-refractivity contribution in [3.05, 3.63) is 29.6 Å². The van der Waals surface area contributed by atoms with Crippen LogP contribution in [0.4, 0.5) is 4.39 Å². The van der Waals surface area contributed by atoms with Gasteiger partial charge in [-0.25, -0.2) is 4.39 Å². The molecule has 1 saturated heterocycles. The fourth-order valence-corrected chi connectivity index (χ4v) is 2.31. The van der Waals surface area contributed by atoms with Gasteiger partial charge in [0.25, 0.3) is 5.91 Å². The second-order valence-corrected chi connectivity index (χ2v) is 4.91. The number of amides is 1. The molecule has 1 aromatic carbocycles. The lowest BCUT2D eigenvalue weighted by Gasteiger charge is -2.36. The predicted octanol–water partition coefficient (Wildman–Crippen LogP) is 2.00. The van der Waals surface area contributed by atoms with Crippen molar-refractivity contribution in [2.24, 2.45) is 0 Å². The molecule has 0 aromatic heterocycles. The van der Waals surface area contributed by atoms with Gasteiger partial charge in [-0.1, -0.05) is 0 Å². The summed E-state index contributed by atoms with van der Waals surface area (Å²) in [5.74, 6) is -1.07. The molecule has 4 nitrogen and oxygen atoms in total. The van der Waals surface area contributed by atoms with Crippen LogP contribution in [-0.4, -0.2) is 47.1 Å². The molecule has 0 spiro atoms. The predicted molar refractivity (Wildman–Crippen MR) is 69.0 cm³/mol. The zero-order valence-electron chi connectivity index (χ0n) is 10.5. The van der Waals surface area contributed by atoms with Crippen LogP contribution in [0.15, 0.2) is 18.2 Å². The highest BCUT2D eigenvalue weighted by molar-refractivity contribution is 6.18. The molecule has 2 atom stereocenters. The van der Waals surface area contributed by atoms with E-state index in [1.54, 1.807) is 0 Å². The molecule has 6 heteroatoms. The summed E-state index contributed by atoms with van der Waals surface area (Å²) >= 11 is 5.74. The quantitative estimate of drug-likeness (QED) is 0.847. The van der Waals surface area contributed by atoms with Gasteiger partial charge in [0.05, 0.1) is 23.7 Å². The molecule has 1 aliphatic heterocycles. The lowest BCUT2D eigenvalue weighted by atomic mass is 10.1. The van der Waals surface area contributed by atoms with Crippen molar-refractivity contribution in [1.82, 2.24) is 4.90 Å². The second-order valence-electron chi connectivity index (χ2n) is 4.60. The summed E-state index contributed by atoms with van der Waals surface area (Å²) in [5, 5.41) is 9.15. The number of hydrogen-bond acceptors (Lipinski definition) is 3. The number of aromatic hydroxyl groups is 1. The van der Waals surface area contributed by atoms with Crippen LogP contribution in [-0.2, 0) is 4.74 Å². The molecule has 2 unspecified atom stereocenters. The van der Waals surface area contributed by atoms with Gasteiger partial charge >= 0.3 is 0 Å². The largest absolute Gasteiger partial charge is 0.508 e. The first-order valence-electron chi connectivity index (χ1n) is 6.00. The Kier molecular flexibility index (Phi) is 4.27. The molecule has 0 radical (unpaired) electrons. The number of rotatable bonds is 2. The first-order chi connectivity index (χ1) is 9.01. The number of phenols is 1. The Hall–Kier alpha value is -1.33. The summed E-state index contributed by atoms with van der Waals surface area (Å²) in [6, 6.07) is 3.50. The molecule has 1 aliphatic rings. The van der Waals surface area contributed by atoms with E-state index in [2.05, 4.69) is 0 Å². The minimum atomic E-state index is -0.730. The van der Waals surface area contributed by atoms with Crippen LogP contribution in [0, 0.1) is 5.82 Å². The molecule has 1 heterocycles. The highest BCUT2D eigenvalue weighted by atomic mass is 35.5. The van der Waals surface area contributed by atoms with E-state index in [0.29, 0.717) is 13.1 Å². The number of ether oxygens (including phenoxy) is 1. The topological polar surface area (TPSA) is 49.8 Å². The maximum Gasteiger partial charge on any atom is 0.257 e. The highest BCUT2D eigenvalue weighted by Crippen LogP contribution is 2.20. The SMILES string of the molecule is CC1CN(C(=O)c2ccc(O)cc2F)CC(CCl)O1. The van der Waals surface area contributed by atoms with Crippen molar-refractivity contribution in [1.29, 1.82) is 0 Å². The summed E-state index contributed by atoms with van der Waals surface area (Å²) in [6.07, 6.45) is -0.379. The summed E-state index contributed by atoms with van der Waals surface area (Å²) in [5.41, 5.74) is -0.0553. The van der Waals surface area contributed by atoms with E-state index in [0.717, 1.165) is 6.07 Å². The van der Waals surface area contributed by atoms with E-state index in [1.807, 2.05) is 6.92 Å². The standard InChI is InChI=1S/C13H15ClFNO3/c1-8-6-16(7-10(5-14)19-8)13(18)11-3-2-9(17)4-12(11)15/h2-4,8,10,17H,5-7H2,1H3. The Bertz CT molecular complexity index is 483. The van der Waals surface area contributed by atoms with Crippen LogP contribution in [0.1, 0.15) is 17.3 Å². The van der Waals surface area contributed by atoms with Crippen molar-refractivity contribution in [2.75, 3.05) is 19.0 Å². The lowest BCUT2D eigenvalue weighted by molar-refractivity contribution is -0.0571. The number of nitrogens with zero attached hydrogens (tertiary/aromatic N) is 1. The molecular weight excluding hydrogens is 273 g/mol. The normalized spacial score (nSPS) is 23.4. The molecule has 1 N–H and O–H groups in total. The van der Waals surface area contributed by atoms with Crippen LogP contribution < -0.4 is 0 Å². The Labute approximate surface area is 115 Å². The van der Waals surface area contributed by atoms with Gasteiger partial charge in [0.1, 0.15) is 11.6 Å². The number of alkyl halides is 1. The molecule has 19 heavy (non-hydrogen) atoms. The number of hydrogen-bond donors (Lipinski definition) is 1. The number of phenolic OH excluding ortho intramolecular Hbond substituents is 1. The Morgan fingerprint density at radius 3 is 2.95 bits per heavy atom. The van der Waals surface area contributed by atoms with Crippen molar-refractivity contribution in [3.8, 4) is 5.75 Å². The molecule has 0 aliphatic carbocycles. The van der Waals surface area contributed by atoms with Gasteiger partial charge in [-0.05, 0) is 19.1 Å². The van der Waals surface area contributed by atoms with Crippen molar-refractivity contribution in [3.63, 3.8) is 0 Å². The van der Waals surface area contributed by atoms with Gasteiger partial charge in [0.2, 0.25) is 0 Å². The van der Waals surface area contributed by atoms with Gasteiger partial charge in [-0.15, -0.1) is 11.6 Å². The summed E-state index contributed by atoms with van der Waals surface area (Å²) in [6.45, 7) is 2.58. The number of benzene rings is 1. The molecule has 0 bridgehead atoms. The molecule has 0 saturated carbocycles. The van der Waals surface area contributed by atoms with E-state index in [4.69, 9.17) is 21.4 Å². The number of carbonyl (C=O) groups excluding carboxylic acids is 1. The van der Waals surface area contributed by atoms with E-state index in [-0.39, 0.29) is 29.4 Å². The number of morpholine rings is 1. The van der Waals surface area contributed by atoms with Crippen LogP contribution in [0.2, 0.25) is 0 Å². The van der Waals surface area contributed by atoms with Crippen LogP contribution in [0.25, 0.3) is 0 Å². The first-order valence-corrected chi connectivity index (χ1v) is 6.54. The molecule has 1 fully saturated rings. The first kappa shape index (κ1) is 14.1. The zero-order chi connectivity index (χ0) is 14.0. The van der Waals surface area contributed by atoms with Crippen molar-refractivity contribution < 1.29 is 19.0 Å². The fourth-order valence-electron chi connectivity index (χ4n) is 2.14. The van der Waals surface area contributed by atoms with E-state index < -0.39 is 11.7 Å². The summed E-state index contributed by atoms with van der Waals surface area (Å²) in [7, 11) is 0. The Balaban J connectivity index is 2.18. The minimum Gasteiger partial charge on any atom is -0.508 e. The van der Waals surface area contributed by atoms with E-state index in [1.165, 1.54) is 17.0 Å². The van der Waals surface area contributed by atoms with E-state index in [9.17, 15) is 9.18 Å². The van der Waals surface area contributed by atoms with Crippen molar-refractivity contribution in [2.45, 2.75) is 19.1 Å². The van der Waals surface area contributed by atoms with Crippen LogP contribution >= 0.6 is 11.6 Å². The summed E-state index contributed by atoms with van der Waals surface area (Å²) in [4.78, 5) is 13.8. The van der Waals surface area contributed by atoms with Crippen LogP contribution in [0.5, 0.6) is 5.75 Å². The van der Waals surface area contributed by atoms with Gasteiger partial charge in [0.15, 0.2) is 0 Å². The third-order valence-corrected chi connectivity index (χ3v) is 3.31. The fraction of sp³-hybridized carbons (Fsp3) is 0.462. The van der Waals surface area contributed by atoms with Gasteiger partial charge in [-0.3, -0.25) is 4.79 Å². The molecule has 1 amide bonds. The molecule has 104 valence electrons. The lowest BCUT2D eigenvalue weighted by Crippen LogP contribution is -2.49. The van der Waals surface area contributed by atoms with Gasteiger partial charge in [-0.2, -0.15) is 0 Å². The van der Waals surface area contributed by atoms with Gasteiger partial charge in [0, 0.05) is 19.2 Å². The Morgan fingerprint density at radius 1 is 1.58 bits per heavy atom. The Morgan fingerprint density at radius 2 is 2.32 bits per heavy atom. The smallest absolute Gasteiger partial charge is 0.257 e. The summed E-state index contributed by atoms with van der Waals surface area (Å²) < 4.78 is 19.2. The average molecular weight is 288 g/mol. The monoisotopic (exact) mass is 287 g/mol. The maximum absolute atomic E-state index is 13.7. The molecule has 1 aromatic rings. The molecular formula is C13H15ClFNO3. The van der Waals surface area contributed by atoms with Gasteiger partial charge < -0.3 is 14.7 Å². The average Bonchev–Trinajstić information content (AvgIpc) is 2.37. The third kappa shape index (κ3) is 3.16. The number of halogens is 2. The third-order valence-electron chi connectivity index (χ3n) is 2.97. The minimum absolute atomic E-state index is 0.0553. The van der Waals surface area contributed by atoms with Crippen molar-refractivity contribution >= 4 is 17.5 Å². The highest BCUT2D eigenvalue weighted by Gasteiger charge is 2.29. The van der Waals surface area contributed by atoms with E-state index >= 15 is 0 Å².